The first-order valence-corrected chi connectivity index (χ1v) is 13.3. The first-order chi connectivity index (χ1) is 15.3. The van der Waals surface area contributed by atoms with Crippen LogP contribution in [0.15, 0.2) is 48.5 Å². The molecule has 0 amide bonds. The van der Waals surface area contributed by atoms with Crippen molar-refractivity contribution in [1.29, 1.82) is 0 Å². The van der Waals surface area contributed by atoms with Gasteiger partial charge in [0.05, 0.1) is 0 Å². The van der Waals surface area contributed by atoms with E-state index in [1.54, 1.807) is 11.1 Å². The minimum Gasteiger partial charge on any atom is -0.355 e. The van der Waals surface area contributed by atoms with Crippen LogP contribution in [0.2, 0.25) is 0 Å². The van der Waals surface area contributed by atoms with Crippen LogP contribution in [0.4, 0.5) is 11.4 Å². The van der Waals surface area contributed by atoms with Crippen LogP contribution in [-0.4, -0.2) is 0 Å². The van der Waals surface area contributed by atoms with Crippen LogP contribution in [-0.2, 0) is 12.8 Å². The summed E-state index contributed by atoms with van der Waals surface area (Å²) in [7, 11) is 0. The Kier molecular flexibility index (Phi) is 13.9. The van der Waals surface area contributed by atoms with Crippen LogP contribution in [0.25, 0.3) is 0 Å². The molecule has 2 rings (SSSR count). The summed E-state index contributed by atoms with van der Waals surface area (Å²) in [4.78, 5) is 0. The van der Waals surface area contributed by atoms with E-state index in [0.29, 0.717) is 0 Å². The molecule has 0 unspecified atom stereocenters. The number of nitrogens with one attached hydrogen (secondary N) is 1. The first kappa shape index (κ1) is 25.5. The summed E-state index contributed by atoms with van der Waals surface area (Å²) in [5.74, 6) is 0. The first-order valence-electron chi connectivity index (χ1n) is 13.3. The maximum atomic E-state index is 3.71. The van der Waals surface area contributed by atoms with Crippen molar-refractivity contribution in [2.45, 2.75) is 117 Å². The number of aryl methyl sites for hydroxylation is 1. The molecule has 0 radical (unpaired) electrons. The molecule has 0 aliphatic heterocycles. The van der Waals surface area contributed by atoms with Gasteiger partial charge in [0.2, 0.25) is 0 Å². The molecule has 0 aliphatic carbocycles. The number of hydrogen-bond donors (Lipinski definition) is 1. The minimum absolute atomic E-state index is 1.19. The normalized spacial score (nSPS) is 11.0. The fraction of sp³-hybridized carbons (Fsp3) is 0.600. The SMILES string of the molecule is CCCCCCCCCc1cccc(Nc2ccccc2)c1CCCCCCCCC. The molecule has 0 fully saturated rings. The minimum atomic E-state index is 1.19. The van der Waals surface area contributed by atoms with Crippen LogP contribution in [0, 0.1) is 0 Å². The van der Waals surface area contributed by atoms with Crippen LogP contribution in [0.1, 0.15) is 115 Å². The topological polar surface area (TPSA) is 12.0 Å². The highest BCUT2D eigenvalue weighted by Gasteiger charge is 2.09. The molecule has 1 heteroatoms. The van der Waals surface area contributed by atoms with Crippen LogP contribution >= 0.6 is 0 Å². The van der Waals surface area contributed by atoms with Gasteiger partial charge < -0.3 is 5.32 Å². The molecular weight excluding hydrogens is 374 g/mol. The summed E-state index contributed by atoms with van der Waals surface area (Å²) < 4.78 is 0. The van der Waals surface area contributed by atoms with E-state index in [2.05, 4.69) is 67.7 Å². The van der Waals surface area contributed by atoms with Gasteiger partial charge >= 0.3 is 0 Å². The van der Waals surface area contributed by atoms with Gasteiger partial charge in [-0.3, -0.25) is 0 Å². The third-order valence-corrected chi connectivity index (χ3v) is 6.41. The second-order valence-electron chi connectivity index (χ2n) is 9.18. The van der Waals surface area contributed by atoms with E-state index in [1.165, 1.54) is 114 Å². The molecular formula is C30H47N. The van der Waals surface area contributed by atoms with Gasteiger partial charge in [-0.05, 0) is 55.0 Å². The Bertz CT molecular complexity index is 676. The molecule has 1 N–H and O–H groups in total. The Hall–Kier alpha value is -1.76. The second-order valence-corrected chi connectivity index (χ2v) is 9.18. The molecule has 0 atom stereocenters. The second kappa shape index (κ2) is 16.9. The third kappa shape index (κ3) is 10.9. The van der Waals surface area contributed by atoms with Gasteiger partial charge in [0.15, 0.2) is 0 Å². The lowest BCUT2D eigenvalue weighted by molar-refractivity contribution is 0.583. The van der Waals surface area contributed by atoms with Crippen molar-refractivity contribution in [2.24, 2.45) is 0 Å². The van der Waals surface area contributed by atoms with E-state index in [1.807, 2.05) is 0 Å². The fourth-order valence-corrected chi connectivity index (χ4v) is 4.49. The van der Waals surface area contributed by atoms with Gasteiger partial charge in [0.25, 0.3) is 0 Å². The Morgan fingerprint density at radius 2 is 1.06 bits per heavy atom. The Morgan fingerprint density at radius 1 is 0.516 bits per heavy atom. The van der Waals surface area contributed by atoms with Gasteiger partial charge in [-0.25, -0.2) is 0 Å². The summed E-state index contributed by atoms with van der Waals surface area (Å²) in [6.45, 7) is 4.59. The van der Waals surface area contributed by atoms with Crippen molar-refractivity contribution in [3.8, 4) is 0 Å². The molecule has 0 aromatic heterocycles. The Labute approximate surface area is 193 Å². The number of anilines is 2. The van der Waals surface area contributed by atoms with Gasteiger partial charge in [-0.1, -0.05) is 121 Å². The zero-order valence-corrected chi connectivity index (χ0v) is 20.4. The molecule has 0 saturated carbocycles. The quantitative estimate of drug-likeness (QED) is 0.236. The molecule has 1 nitrogen and oxygen atoms in total. The van der Waals surface area contributed by atoms with E-state index in [0.717, 1.165) is 0 Å². The zero-order chi connectivity index (χ0) is 22.0. The average molecular weight is 422 g/mol. The van der Waals surface area contributed by atoms with Crippen molar-refractivity contribution >= 4 is 11.4 Å². The van der Waals surface area contributed by atoms with Gasteiger partial charge in [0, 0.05) is 11.4 Å². The lowest BCUT2D eigenvalue weighted by Gasteiger charge is -2.17. The number of rotatable bonds is 18. The van der Waals surface area contributed by atoms with Crippen molar-refractivity contribution < 1.29 is 0 Å². The molecule has 31 heavy (non-hydrogen) atoms. The molecule has 0 saturated heterocycles. The van der Waals surface area contributed by atoms with Crippen molar-refractivity contribution in [3.63, 3.8) is 0 Å². The monoisotopic (exact) mass is 421 g/mol. The molecule has 0 aliphatic rings. The molecule has 0 bridgehead atoms. The van der Waals surface area contributed by atoms with E-state index in [-0.39, 0.29) is 0 Å². The van der Waals surface area contributed by atoms with Crippen LogP contribution in [0.3, 0.4) is 0 Å². The maximum Gasteiger partial charge on any atom is 0.0419 e. The van der Waals surface area contributed by atoms with Crippen molar-refractivity contribution in [3.05, 3.63) is 59.7 Å². The number of benzene rings is 2. The predicted molar refractivity (Wildman–Crippen MR) is 140 cm³/mol. The van der Waals surface area contributed by atoms with Crippen molar-refractivity contribution in [2.75, 3.05) is 5.32 Å². The highest BCUT2D eigenvalue weighted by atomic mass is 14.9. The van der Waals surface area contributed by atoms with E-state index >= 15 is 0 Å². The van der Waals surface area contributed by atoms with E-state index < -0.39 is 0 Å². The number of unbranched alkanes of at least 4 members (excludes halogenated alkanes) is 12. The van der Waals surface area contributed by atoms with Gasteiger partial charge in [-0.2, -0.15) is 0 Å². The van der Waals surface area contributed by atoms with Crippen LogP contribution < -0.4 is 5.32 Å². The van der Waals surface area contributed by atoms with Gasteiger partial charge in [0.1, 0.15) is 0 Å². The van der Waals surface area contributed by atoms with E-state index in [9.17, 15) is 0 Å². The molecule has 2 aromatic rings. The molecule has 172 valence electrons. The lowest BCUT2D eigenvalue weighted by Crippen LogP contribution is -2.02. The lowest BCUT2D eigenvalue weighted by atomic mass is 9.94. The molecule has 2 aromatic carbocycles. The van der Waals surface area contributed by atoms with Gasteiger partial charge in [-0.15, -0.1) is 0 Å². The molecule has 0 spiro atoms. The highest BCUT2D eigenvalue weighted by Crippen LogP contribution is 2.27. The third-order valence-electron chi connectivity index (χ3n) is 6.41. The number of para-hydroxylation sites is 1. The smallest absolute Gasteiger partial charge is 0.0419 e. The Morgan fingerprint density at radius 3 is 1.68 bits per heavy atom. The molecule has 0 heterocycles. The highest BCUT2D eigenvalue weighted by molar-refractivity contribution is 5.64. The largest absolute Gasteiger partial charge is 0.355 e. The summed E-state index contributed by atoms with van der Waals surface area (Å²) in [6, 6.07) is 17.5. The fourth-order valence-electron chi connectivity index (χ4n) is 4.49. The summed E-state index contributed by atoms with van der Waals surface area (Å²) in [6.07, 6.45) is 21.7. The standard InChI is InChI=1S/C30H47N/c1-3-5-7-9-11-13-16-21-27-22-20-26-30(31-28-23-17-15-18-24-28)29(27)25-19-14-12-10-8-6-4-2/h15,17-18,20,22-24,26,31H,3-14,16,19,21,25H2,1-2H3. The summed E-state index contributed by atoms with van der Waals surface area (Å²) >= 11 is 0. The number of hydrogen-bond acceptors (Lipinski definition) is 1. The summed E-state index contributed by atoms with van der Waals surface area (Å²) in [5, 5.41) is 3.71. The Balaban J connectivity index is 1.92. The average Bonchev–Trinajstić information content (AvgIpc) is 2.80. The van der Waals surface area contributed by atoms with Crippen molar-refractivity contribution in [1.82, 2.24) is 0 Å². The predicted octanol–water partition coefficient (Wildman–Crippen LogP) is 10.0. The zero-order valence-electron chi connectivity index (χ0n) is 20.4. The maximum absolute atomic E-state index is 3.71. The summed E-state index contributed by atoms with van der Waals surface area (Å²) in [5.41, 5.74) is 5.64. The van der Waals surface area contributed by atoms with Crippen LogP contribution in [0.5, 0.6) is 0 Å². The van der Waals surface area contributed by atoms with E-state index in [4.69, 9.17) is 0 Å².